The first kappa shape index (κ1) is 11.8. The number of hydrogen-bond acceptors (Lipinski definition) is 1. The second-order valence-electron chi connectivity index (χ2n) is 3.78. The maximum atomic E-state index is 13.5. The zero-order valence-electron chi connectivity index (χ0n) is 9.10. The second kappa shape index (κ2) is 4.51. The normalized spacial score (nSPS) is 10.8. The Morgan fingerprint density at radius 3 is 2.33 bits per heavy atom. The highest BCUT2D eigenvalue weighted by atomic mass is 19.1. The van der Waals surface area contributed by atoms with Crippen molar-refractivity contribution in [2.45, 2.75) is 33.1 Å². The summed E-state index contributed by atoms with van der Waals surface area (Å²) in [6.07, 6.45) is 0.178. The Balaban J connectivity index is 3.25. The minimum Gasteiger partial charge on any atom is -0.294 e. The summed E-state index contributed by atoms with van der Waals surface area (Å²) in [6.45, 7) is 5.17. The second-order valence-corrected chi connectivity index (χ2v) is 3.78. The average Bonchev–Trinajstić information content (AvgIpc) is 2.19. The molecule has 1 aromatic carbocycles. The van der Waals surface area contributed by atoms with Crippen molar-refractivity contribution < 1.29 is 13.6 Å². The summed E-state index contributed by atoms with van der Waals surface area (Å²) in [5.41, 5.74) is 0.152. The van der Waals surface area contributed by atoms with E-state index < -0.39 is 11.6 Å². The Bertz CT molecular complexity index is 383. The largest absolute Gasteiger partial charge is 0.294 e. The van der Waals surface area contributed by atoms with Gasteiger partial charge in [-0.3, -0.25) is 4.79 Å². The SMILES string of the molecule is CCC(=O)c1cc(F)c(C(C)C)cc1F. The number of hydrogen-bond donors (Lipinski definition) is 0. The van der Waals surface area contributed by atoms with E-state index in [0.29, 0.717) is 5.56 Å². The molecule has 0 heterocycles. The lowest BCUT2D eigenvalue weighted by Gasteiger charge is -2.09. The summed E-state index contributed by atoms with van der Waals surface area (Å²) in [7, 11) is 0. The van der Waals surface area contributed by atoms with E-state index in [9.17, 15) is 13.6 Å². The Morgan fingerprint density at radius 1 is 1.27 bits per heavy atom. The summed E-state index contributed by atoms with van der Waals surface area (Å²) in [4.78, 5) is 11.3. The zero-order valence-corrected chi connectivity index (χ0v) is 9.10. The van der Waals surface area contributed by atoms with Gasteiger partial charge in [-0.1, -0.05) is 20.8 Å². The van der Waals surface area contributed by atoms with Crippen molar-refractivity contribution >= 4 is 5.78 Å². The fourth-order valence-corrected chi connectivity index (χ4v) is 1.41. The van der Waals surface area contributed by atoms with E-state index in [1.54, 1.807) is 20.8 Å². The van der Waals surface area contributed by atoms with Crippen molar-refractivity contribution in [1.82, 2.24) is 0 Å². The van der Waals surface area contributed by atoms with Gasteiger partial charge in [0.2, 0.25) is 0 Å². The predicted octanol–water partition coefficient (Wildman–Crippen LogP) is 3.68. The highest BCUT2D eigenvalue weighted by Crippen LogP contribution is 2.22. The fourth-order valence-electron chi connectivity index (χ4n) is 1.41. The first-order chi connectivity index (χ1) is 6.97. The van der Waals surface area contributed by atoms with Gasteiger partial charge < -0.3 is 0 Å². The van der Waals surface area contributed by atoms with Gasteiger partial charge in [-0.15, -0.1) is 0 Å². The Kier molecular flexibility index (Phi) is 3.56. The van der Waals surface area contributed by atoms with Crippen LogP contribution in [0.2, 0.25) is 0 Å². The highest BCUT2D eigenvalue weighted by Gasteiger charge is 2.15. The molecule has 0 saturated carbocycles. The molecule has 82 valence electrons. The van der Waals surface area contributed by atoms with E-state index in [0.717, 1.165) is 12.1 Å². The smallest absolute Gasteiger partial charge is 0.165 e. The third-order valence-corrected chi connectivity index (χ3v) is 2.33. The Labute approximate surface area is 88.1 Å². The van der Waals surface area contributed by atoms with Crippen LogP contribution in [0.1, 0.15) is 49.0 Å². The minimum atomic E-state index is -0.632. The monoisotopic (exact) mass is 212 g/mol. The molecule has 1 rings (SSSR count). The zero-order chi connectivity index (χ0) is 11.6. The van der Waals surface area contributed by atoms with Gasteiger partial charge in [0, 0.05) is 6.42 Å². The van der Waals surface area contributed by atoms with Crippen molar-refractivity contribution in [3.05, 3.63) is 34.9 Å². The minimum absolute atomic E-state index is 0.0923. The van der Waals surface area contributed by atoms with Gasteiger partial charge in [0.05, 0.1) is 5.56 Å². The highest BCUT2D eigenvalue weighted by molar-refractivity contribution is 5.96. The molecule has 0 bridgehead atoms. The quantitative estimate of drug-likeness (QED) is 0.698. The van der Waals surface area contributed by atoms with Crippen molar-refractivity contribution in [3.8, 4) is 0 Å². The van der Waals surface area contributed by atoms with E-state index >= 15 is 0 Å². The fraction of sp³-hybridized carbons (Fsp3) is 0.417. The lowest BCUT2D eigenvalue weighted by atomic mass is 9.98. The van der Waals surface area contributed by atoms with Crippen LogP contribution >= 0.6 is 0 Å². The molecule has 0 aliphatic heterocycles. The first-order valence-corrected chi connectivity index (χ1v) is 4.99. The maximum Gasteiger partial charge on any atom is 0.165 e. The summed E-state index contributed by atoms with van der Waals surface area (Å²) in [5, 5.41) is 0. The summed E-state index contributed by atoms with van der Waals surface area (Å²) < 4.78 is 26.9. The van der Waals surface area contributed by atoms with Crippen LogP contribution in [0.25, 0.3) is 0 Å². The third kappa shape index (κ3) is 2.41. The van der Waals surface area contributed by atoms with E-state index in [-0.39, 0.29) is 23.7 Å². The van der Waals surface area contributed by atoms with Crippen molar-refractivity contribution in [2.24, 2.45) is 0 Å². The molecule has 1 aromatic rings. The molecule has 1 nitrogen and oxygen atoms in total. The van der Waals surface area contributed by atoms with Crippen molar-refractivity contribution in [3.63, 3.8) is 0 Å². The van der Waals surface area contributed by atoms with Crippen LogP contribution in [0.5, 0.6) is 0 Å². The molecule has 0 atom stereocenters. The summed E-state index contributed by atoms with van der Waals surface area (Å²) >= 11 is 0. The van der Waals surface area contributed by atoms with Gasteiger partial charge in [-0.2, -0.15) is 0 Å². The molecule has 0 saturated heterocycles. The number of carbonyl (C=O) groups is 1. The Hall–Kier alpha value is -1.25. The van der Waals surface area contributed by atoms with Crippen LogP contribution in [-0.4, -0.2) is 5.78 Å². The standard InChI is InChI=1S/C12H14F2O/c1-4-12(15)9-6-10(13)8(7(2)3)5-11(9)14/h5-7H,4H2,1-3H3. The van der Waals surface area contributed by atoms with Crippen LogP contribution in [0, 0.1) is 11.6 Å². The first-order valence-electron chi connectivity index (χ1n) is 4.99. The number of Topliss-reactive ketones (excluding diaryl/α,β-unsaturated/α-hetero) is 1. The number of ketones is 1. The Morgan fingerprint density at radius 2 is 1.87 bits per heavy atom. The van der Waals surface area contributed by atoms with Gasteiger partial charge in [0.1, 0.15) is 11.6 Å². The topological polar surface area (TPSA) is 17.1 Å². The molecule has 3 heteroatoms. The van der Waals surface area contributed by atoms with Crippen LogP contribution in [0.4, 0.5) is 8.78 Å². The lowest BCUT2D eigenvalue weighted by Crippen LogP contribution is -2.04. The van der Waals surface area contributed by atoms with Crippen LogP contribution in [-0.2, 0) is 0 Å². The van der Waals surface area contributed by atoms with Gasteiger partial charge in [0.25, 0.3) is 0 Å². The lowest BCUT2D eigenvalue weighted by molar-refractivity contribution is 0.0983. The predicted molar refractivity (Wildman–Crippen MR) is 55.1 cm³/mol. The number of rotatable bonds is 3. The van der Waals surface area contributed by atoms with Crippen LogP contribution < -0.4 is 0 Å². The van der Waals surface area contributed by atoms with E-state index in [1.807, 2.05) is 0 Å². The van der Waals surface area contributed by atoms with Crippen molar-refractivity contribution in [1.29, 1.82) is 0 Å². The molecule has 0 radical (unpaired) electrons. The number of halogens is 2. The van der Waals surface area contributed by atoms with Gasteiger partial charge in [-0.05, 0) is 23.6 Å². The average molecular weight is 212 g/mol. The van der Waals surface area contributed by atoms with Gasteiger partial charge >= 0.3 is 0 Å². The maximum absolute atomic E-state index is 13.5. The third-order valence-electron chi connectivity index (χ3n) is 2.33. The van der Waals surface area contributed by atoms with Gasteiger partial charge in [-0.25, -0.2) is 8.78 Å². The van der Waals surface area contributed by atoms with Crippen molar-refractivity contribution in [2.75, 3.05) is 0 Å². The number of carbonyl (C=O) groups excluding carboxylic acids is 1. The molecular weight excluding hydrogens is 198 g/mol. The van der Waals surface area contributed by atoms with Gasteiger partial charge in [0.15, 0.2) is 5.78 Å². The van der Waals surface area contributed by atoms with E-state index in [2.05, 4.69) is 0 Å². The summed E-state index contributed by atoms with van der Waals surface area (Å²) in [5.74, 6) is -1.61. The molecule has 15 heavy (non-hydrogen) atoms. The van der Waals surface area contributed by atoms with E-state index in [1.165, 1.54) is 0 Å². The number of benzene rings is 1. The molecule has 0 aliphatic rings. The van der Waals surface area contributed by atoms with Crippen LogP contribution in [0.3, 0.4) is 0 Å². The molecular formula is C12H14F2O. The molecule has 0 fully saturated rings. The molecule has 0 aliphatic carbocycles. The summed E-state index contributed by atoms with van der Waals surface area (Å²) in [6, 6.07) is 2.11. The molecule has 0 aromatic heterocycles. The molecule has 0 unspecified atom stereocenters. The molecule has 0 spiro atoms. The van der Waals surface area contributed by atoms with E-state index in [4.69, 9.17) is 0 Å². The van der Waals surface area contributed by atoms with Crippen LogP contribution in [0.15, 0.2) is 12.1 Å². The molecule has 0 N–H and O–H groups in total. The molecule has 0 amide bonds.